The highest BCUT2D eigenvalue weighted by Gasteiger charge is 2.37. The number of carbonyl (C=O) groups is 1. The van der Waals surface area contributed by atoms with Crippen LogP contribution in [-0.4, -0.2) is 44.9 Å². The largest absolute Gasteiger partial charge is 0.411 e. The smallest absolute Gasteiger partial charge is 0.370 e. The summed E-state index contributed by atoms with van der Waals surface area (Å²) in [6.07, 6.45) is -1.85. The summed E-state index contributed by atoms with van der Waals surface area (Å²) in [6.45, 7) is 2.19. The number of hydrogen-bond acceptors (Lipinski definition) is 3. The van der Waals surface area contributed by atoms with Crippen LogP contribution in [0.1, 0.15) is 26.2 Å². The van der Waals surface area contributed by atoms with Crippen molar-refractivity contribution >= 4 is 5.91 Å². The summed E-state index contributed by atoms with van der Waals surface area (Å²) in [6, 6.07) is 0. The van der Waals surface area contributed by atoms with E-state index in [0.717, 1.165) is 25.8 Å². The minimum atomic E-state index is -4.32. The highest BCUT2D eigenvalue weighted by Crippen LogP contribution is 2.30. The van der Waals surface area contributed by atoms with E-state index in [9.17, 15) is 18.0 Å². The molecule has 0 aromatic heterocycles. The third-order valence-electron chi connectivity index (χ3n) is 3.43. The van der Waals surface area contributed by atoms with Crippen molar-refractivity contribution in [2.75, 3.05) is 32.8 Å². The predicted octanol–water partition coefficient (Wildman–Crippen LogP) is 1.46. The highest BCUT2D eigenvalue weighted by atomic mass is 19.4. The van der Waals surface area contributed by atoms with Gasteiger partial charge in [-0.1, -0.05) is 6.92 Å². The maximum atomic E-state index is 12.1. The zero-order valence-corrected chi connectivity index (χ0v) is 11.1. The molecule has 0 bridgehead atoms. The molecular formula is C12H21F3N2O2. The molecule has 1 rings (SSSR count). The van der Waals surface area contributed by atoms with Crippen molar-refractivity contribution in [1.29, 1.82) is 0 Å². The van der Waals surface area contributed by atoms with Crippen LogP contribution in [-0.2, 0) is 9.53 Å². The van der Waals surface area contributed by atoms with E-state index >= 15 is 0 Å². The molecule has 0 aliphatic carbocycles. The van der Waals surface area contributed by atoms with E-state index in [1.165, 1.54) is 0 Å². The molecule has 0 spiro atoms. The first-order chi connectivity index (χ1) is 8.90. The standard InChI is InChI=1S/C12H21F3N2O2/c1-2-11(4-3-5-16-8-11)10(18)17-6-7-19-9-12(13,14)15/h16H,2-9H2,1H3,(H,17,18). The molecule has 0 aromatic carbocycles. The molecule has 1 unspecified atom stereocenters. The summed E-state index contributed by atoms with van der Waals surface area (Å²) in [5, 5.41) is 5.85. The Kier molecular flexibility index (Phi) is 6.06. The van der Waals surface area contributed by atoms with Gasteiger partial charge in [0.1, 0.15) is 6.61 Å². The Labute approximate surface area is 111 Å². The molecule has 1 fully saturated rings. The molecular weight excluding hydrogens is 261 g/mol. The van der Waals surface area contributed by atoms with Crippen LogP contribution < -0.4 is 10.6 Å². The van der Waals surface area contributed by atoms with Gasteiger partial charge in [0.25, 0.3) is 0 Å². The maximum Gasteiger partial charge on any atom is 0.411 e. The van der Waals surface area contributed by atoms with Gasteiger partial charge >= 0.3 is 6.18 Å². The zero-order chi connectivity index (χ0) is 14.4. The lowest BCUT2D eigenvalue weighted by Gasteiger charge is -2.35. The Bertz CT molecular complexity index is 289. The summed E-state index contributed by atoms with van der Waals surface area (Å²) in [4.78, 5) is 12.1. The fourth-order valence-electron chi connectivity index (χ4n) is 2.24. The zero-order valence-electron chi connectivity index (χ0n) is 11.1. The van der Waals surface area contributed by atoms with Gasteiger partial charge in [-0.3, -0.25) is 4.79 Å². The van der Waals surface area contributed by atoms with Crippen LogP contribution in [0.2, 0.25) is 0 Å². The second-order valence-electron chi connectivity index (χ2n) is 4.84. The van der Waals surface area contributed by atoms with Crippen LogP contribution in [0, 0.1) is 5.41 Å². The van der Waals surface area contributed by atoms with Crippen LogP contribution >= 0.6 is 0 Å². The van der Waals surface area contributed by atoms with Crippen LogP contribution in [0.3, 0.4) is 0 Å². The van der Waals surface area contributed by atoms with Crippen molar-refractivity contribution in [3.63, 3.8) is 0 Å². The van der Waals surface area contributed by atoms with Crippen molar-refractivity contribution in [3.05, 3.63) is 0 Å². The average molecular weight is 282 g/mol. The minimum absolute atomic E-state index is 0.0993. The molecule has 19 heavy (non-hydrogen) atoms. The van der Waals surface area contributed by atoms with Gasteiger partial charge in [0, 0.05) is 13.1 Å². The molecule has 1 aliphatic heterocycles. The fraction of sp³-hybridized carbons (Fsp3) is 0.917. The van der Waals surface area contributed by atoms with Crippen LogP contribution in [0.4, 0.5) is 13.2 Å². The Morgan fingerprint density at radius 2 is 2.21 bits per heavy atom. The van der Waals surface area contributed by atoms with Crippen LogP contribution in [0.25, 0.3) is 0 Å². The van der Waals surface area contributed by atoms with Gasteiger partial charge in [-0.25, -0.2) is 0 Å². The normalized spacial score (nSPS) is 24.2. The number of nitrogens with one attached hydrogen (secondary N) is 2. The van der Waals surface area contributed by atoms with Gasteiger partial charge in [0.15, 0.2) is 0 Å². The first-order valence-electron chi connectivity index (χ1n) is 6.53. The van der Waals surface area contributed by atoms with Crippen molar-refractivity contribution < 1.29 is 22.7 Å². The molecule has 0 aromatic rings. The van der Waals surface area contributed by atoms with Crippen molar-refractivity contribution in [3.8, 4) is 0 Å². The quantitative estimate of drug-likeness (QED) is 0.725. The first kappa shape index (κ1) is 16.2. The Morgan fingerprint density at radius 1 is 1.47 bits per heavy atom. The third kappa shape index (κ3) is 5.36. The maximum absolute atomic E-state index is 12.1. The topological polar surface area (TPSA) is 50.4 Å². The van der Waals surface area contributed by atoms with Gasteiger partial charge in [-0.05, 0) is 25.8 Å². The second kappa shape index (κ2) is 7.09. The van der Waals surface area contributed by atoms with E-state index in [1.54, 1.807) is 0 Å². The van der Waals surface area contributed by atoms with Gasteiger partial charge < -0.3 is 15.4 Å². The second-order valence-corrected chi connectivity index (χ2v) is 4.84. The third-order valence-corrected chi connectivity index (χ3v) is 3.43. The molecule has 1 saturated heterocycles. The summed E-state index contributed by atoms with van der Waals surface area (Å²) >= 11 is 0. The summed E-state index contributed by atoms with van der Waals surface area (Å²) in [7, 11) is 0. The van der Waals surface area contributed by atoms with Crippen LogP contribution in [0.15, 0.2) is 0 Å². The van der Waals surface area contributed by atoms with E-state index < -0.39 is 18.2 Å². The van der Waals surface area contributed by atoms with Crippen LogP contribution in [0.5, 0.6) is 0 Å². The predicted molar refractivity (Wildman–Crippen MR) is 64.7 cm³/mol. The Morgan fingerprint density at radius 3 is 2.74 bits per heavy atom. The molecule has 0 radical (unpaired) electrons. The van der Waals surface area contributed by atoms with E-state index in [-0.39, 0.29) is 19.1 Å². The average Bonchev–Trinajstić information content (AvgIpc) is 2.37. The van der Waals surface area contributed by atoms with Gasteiger partial charge in [0.2, 0.25) is 5.91 Å². The lowest BCUT2D eigenvalue weighted by Crippen LogP contribution is -2.50. The molecule has 1 amide bonds. The van der Waals surface area contributed by atoms with Crippen molar-refractivity contribution in [2.45, 2.75) is 32.4 Å². The molecule has 2 N–H and O–H groups in total. The number of carbonyl (C=O) groups excluding carboxylic acids is 1. The number of piperidine rings is 1. The fourth-order valence-corrected chi connectivity index (χ4v) is 2.24. The molecule has 1 heterocycles. The molecule has 1 atom stereocenters. The minimum Gasteiger partial charge on any atom is -0.370 e. The van der Waals surface area contributed by atoms with Gasteiger partial charge in [-0.15, -0.1) is 0 Å². The molecule has 0 saturated carbocycles. The van der Waals surface area contributed by atoms with E-state index in [1.807, 2.05) is 6.92 Å². The number of hydrogen-bond donors (Lipinski definition) is 2. The van der Waals surface area contributed by atoms with E-state index in [4.69, 9.17) is 0 Å². The molecule has 112 valence electrons. The summed E-state index contributed by atoms with van der Waals surface area (Å²) in [5.41, 5.74) is -0.428. The number of ether oxygens (including phenoxy) is 1. The Hall–Kier alpha value is -0.820. The van der Waals surface area contributed by atoms with E-state index in [2.05, 4.69) is 15.4 Å². The highest BCUT2D eigenvalue weighted by molar-refractivity contribution is 5.83. The molecule has 4 nitrogen and oxygen atoms in total. The number of alkyl halides is 3. The number of halogens is 3. The van der Waals surface area contributed by atoms with Gasteiger partial charge in [0.05, 0.1) is 12.0 Å². The van der Waals surface area contributed by atoms with Crippen molar-refractivity contribution in [1.82, 2.24) is 10.6 Å². The summed E-state index contributed by atoms with van der Waals surface area (Å²) in [5.74, 6) is -0.0993. The number of rotatable bonds is 6. The number of amides is 1. The Balaban J connectivity index is 2.26. The molecule has 7 heteroatoms. The van der Waals surface area contributed by atoms with Gasteiger partial charge in [-0.2, -0.15) is 13.2 Å². The van der Waals surface area contributed by atoms with E-state index in [0.29, 0.717) is 6.54 Å². The lowest BCUT2D eigenvalue weighted by molar-refractivity contribution is -0.173. The lowest BCUT2D eigenvalue weighted by atomic mass is 9.77. The first-order valence-corrected chi connectivity index (χ1v) is 6.53. The van der Waals surface area contributed by atoms with Crippen molar-refractivity contribution in [2.24, 2.45) is 5.41 Å². The monoisotopic (exact) mass is 282 g/mol. The summed E-state index contributed by atoms with van der Waals surface area (Å²) < 4.78 is 39.9. The molecule has 1 aliphatic rings. The SMILES string of the molecule is CCC1(C(=O)NCCOCC(F)(F)F)CCCNC1.